The van der Waals surface area contributed by atoms with Crippen molar-refractivity contribution in [2.45, 2.75) is 5.03 Å². The van der Waals surface area contributed by atoms with Crippen LogP contribution >= 0.6 is 11.8 Å². The molecule has 0 saturated heterocycles. The molecule has 2 aromatic carbocycles. The quantitative estimate of drug-likeness (QED) is 0.542. The number of hydrogen-bond acceptors (Lipinski definition) is 5. The van der Waals surface area contributed by atoms with E-state index in [2.05, 4.69) is 4.98 Å². The number of thioether (sulfide) groups is 1. The predicted molar refractivity (Wildman–Crippen MR) is 89.9 cm³/mol. The molecule has 1 heterocycles. The lowest BCUT2D eigenvalue weighted by molar-refractivity contribution is 0.103. The maximum Gasteiger partial charge on any atom is 0.351 e. The van der Waals surface area contributed by atoms with Crippen molar-refractivity contribution in [3.63, 3.8) is 0 Å². The maximum atomic E-state index is 12.6. The third-order valence-electron chi connectivity index (χ3n) is 3.29. The van der Waals surface area contributed by atoms with Crippen molar-refractivity contribution in [2.75, 3.05) is 6.26 Å². The lowest BCUT2D eigenvalue weighted by Crippen LogP contribution is -2.18. The summed E-state index contributed by atoms with van der Waals surface area (Å²) < 4.78 is 5.28. The molecule has 0 radical (unpaired) electrons. The fourth-order valence-corrected chi connectivity index (χ4v) is 2.73. The minimum Gasteiger partial charge on any atom is -0.403 e. The average molecular weight is 323 g/mol. The smallest absolute Gasteiger partial charge is 0.351 e. The molecular weight excluding hydrogens is 310 g/mol. The van der Waals surface area contributed by atoms with Gasteiger partial charge in [0.2, 0.25) is 11.7 Å². The van der Waals surface area contributed by atoms with E-state index in [4.69, 9.17) is 4.42 Å². The van der Waals surface area contributed by atoms with Crippen molar-refractivity contribution in [1.29, 1.82) is 0 Å². The lowest BCUT2D eigenvalue weighted by atomic mass is 10.1. The van der Waals surface area contributed by atoms with Crippen LogP contribution in [0.15, 0.2) is 74.9 Å². The highest BCUT2D eigenvalue weighted by molar-refractivity contribution is 7.98. The Bertz CT molecular complexity index is 889. The SMILES string of the molecule is CSc1nc(-c2ccccc2)oc(=O)c1C(=O)c1ccccc1. The molecule has 114 valence electrons. The number of rotatable bonds is 4. The highest BCUT2D eigenvalue weighted by Crippen LogP contribution is 2.23. The van der Waals surface area contributed by atoms with Crippen LogP contribution in [-0.4, -0.2) is 17.0 Å². The van der Waals surface area contributed by atoms with Crippen LogP contribution in [0.1, 0.15) is 15.9 Å². The van der Waals surface area contributed by atoms with Crippen molar-refractivity contribution in [2.24, 2.45) is 0 Å². The zero-order valence-corrected chi connectivity index (χ0v) is 13.2. The Morgan fingerprint density at radius 1 is 1.00 bits per heavy atom. The number of carbonyl (C=O) groups is 1. The summed E-state index contributed by atoms with van der Waals surface area (Å²) in [6, 6.07) is 17.8. The Balaban J connectivity index is 2.12. The number of nitrogens with zero attached hydrogens (tertiary/aromatic N) is 1. The highest BCUT2D eigenvalue weighted by Gasteiger charge is 2.22. The molecule has 5 heteroatoms. The van der Waals surface area contributed by atoms with Crippen LogP contribution in [0, 0.1) is 0 Å². The summed E-state index contributed by atoms with van der Waals surface area (Å²) in [5.41, 5.74) is 0.434. The molecule has 0 saturated carbocycles. The van der Waals surface area contributed by atoms with E-state index in [1.165, 1.54) is 11.8 Å². The van der Waals surface area contributed by atoms with E-state index < -0.39 is 5.63 Å². The van der Waals surface area contributed by atoms with Crippen LogP contribution in [0.2, 0.25) is 0 Å². The van der Waals surface area contributed by atoms with Crippen LogP contribution in [0.3, 0.4) is 0 Å². The van der Waals surface area contributed by atoms with Gasteiger partial charge in [0.1, 0.15) is 10.6 Å². The highest BCUT2D eigenvalue weighted by atomic mass is 32.2. The van der Waals surface area contributed by atoms with Gasteiger partial charge in [-0.25, -0.2) is 9.78 Å². The Morgan fingerprint density at radius 2 is 1.61 bits per heavy atom. The van der Waals surface area contributed by atoms with Gasteiger partial charge in [-0.1, -0.05) is 48.5 Å². The summed E-state index contributed by atoms with van der Waals surface area (Å²) in [7, 11) is 0. The maximum absolute atomic E-state index is 12.6. The zero-order valence-electron chi connectivity index (χ0n) is 12.4. The molecule has 23 heavy (non-hydrogen) atoms. The molecule has 0 fully saturated rings. The molecule has 0 unspecified atom stereocenters. The van der Waals surface area contributed by atoms with Gasteiger partial charge >= 0.3 is 5.63 Å². The Morgan fingerprint density at radius 3 is 2.22 bits per heavy atom. The van der Waals surface area contributed by atoms with Crippen molar-refractivity contribution < 1.29 is 9.21 Å². The van der Waals surface area contributed by atoms with Crippen molar-refractivity contribution >= 4 is 17.5 Å². The molecular formula is C18H13NO3S. The monoisotopic (exact) mass is 323 g/mol. The van der Waals surface area contributed by atoms with Gasteiger partial charge in [-0.15, -0.1) is 11.8 Å². The second kappa shape index (κ2) is 6.62. The summed E-state index contributed by atoms with van der Waals surface area (Å²) >= 11 is 1.25. The van der Waals surface area contributed by atoms with Crippen LogP contribution in [0.25, 0.3) is 11.5 Å². The molecule has 0 spiro atoms. The number of hydrogen-bond donors (Lipinski definition) is 0. The summed E-state index contributed by atoms with van der Waals surface area (Å²) in [5, 5.41) is 0.369. The first-order valence-electron chi connectivity index (χ1n) is 6.95. The van der Waals surface area contributed by atoms with Crippen LogP contribution in [0.5, 0.6) is 0 Å². The normalized spacial score (nSPS) is 10.5. The Labute approximate surface area is 137 Å². The third kappa shape index (κ3) is 3.10. The van der Waals surface area contributed by atoms with Crippen molar-refractivity contribution in [3.05, 3.63) is 82.2 Å². The molecule has 0 aliphatic carbocycles. The van der Waals surface area contributed by atoms with E-state index >= 15 is 0 Å². The summed E-state index contributed by atoms with van der Waals surface area (Å²) in [6.45, 7) is 0. The summed E-state index contributed by atoms with van der Waals surface area (Å²) in [4.78, 5) is 29.3. The molecule has 0 aliphatic rings. The van der Waals surface area contributed by atoms with Crippen molar-refractivity contribution in [3.8, 4) is 11.5 Å². The van der Waals surface area contributed by atoms with E-state index in [9.17, 15) is 9.59 Å². The first kappa shape index (κ1) is 15.2. The molecule has 0 aliphatic heterocycles. The van der Waals surface area contributed by atoms with Crippen LogP contribution < -0.4 is 5.63 Å². The molecule has 3 aromatic rings. The zero-order chi connectivity index (χ0) is 16.2. The topological polar surface area (TPSA) is 60.2 Å². The number of ketones is 1. The third-order valence-corrected chi connectivity index (χ3v) is 3.97. The van der Waals surface area contributed by atoms with Gasteiger partial charge in [0.05, 0.1) is 0 Å². The first-order chi connectivity index (χ1) is 11.2. The van der Waals surface area contributed by atoms with E-state index in [1.54, 1.807) is 42.7 Å². The molecule has 0 atom stereocenters. The lowest BCUT2D eigenvalue weighted by Gasteiger charge is -2.06. The second-order valence-corrected chi connectivity index (χ2v) is 5.55. The van der Waals surface area contributed by atoms with E-state index in [1.807, 2.05) is 24.3 Å². The average Bonchev–Trinajstić information content (AvgIpc) is 2.62. The van der Waals surface area contributed by atoms with E-state index in [0.717, 1.165) is 0 Å². The minimum atomic E-state index is -0.669. The molecule has 0 N–H and O–H groups in total. The summed E-state index contributed by atoms with van der Waals surface area (Å²) in [5.74, 6) is -0.166. The van der Waals surface area contributed by atoms with Crippen LogP contribution in [-0.2, 0) is 0 Å². The Hall–Kier alpha value is -2.66. The van der Waals surface area contributed by atoms with Gasteiger partial charge in [-0.2, -0.15) is 0 Å². The molecule has 0 amide bonds. The van der Waals surface area contributed by atoms with E-state index in [0.29, 0.717) is 16.2 Å². The van der Waals surface area contributed by atoms with Crippen molar-refractivity contribution in [1.82, 2.24) is 4.98 Å². The van der Waals surface area contributed by atoms with Gasteiger partial charge in [0.15, 0.2) is 0 Å². The van der Waals surface area contributed by atoms with Crippen LogP contribution in [0.4, 0.5) is 0 Å². The summed E-state index contributed by atoms with van der Waals surface area (Å²) in [6.07, 6.45) is 1.78. The fraction of sp³-hybridized carbons (Fsp3) is 0.0556. The molecule has 0 bridgehead atoms. The van der Waals surface area contributed by atoms with Gasteiger partial charge < -0.3 is 4.42 Å². The van der Waals surface area contributed by atoms with Gasteiger partial charge in [-0.3, -0.25) is 4.79 Å². The predicted octanol–water partition coefficient (Wildman–Crippen LogP) is 3.65. The molecule has 4 nitrogen and oxygen atoms in total. The number of carbonyl (C=O) groups excluding carboxylic acids is 1. The number of aromatic nitrogens is 1. The van der Waals surface area contributed by atoms with E-state index in [-0.39, 0.29) is 17.2 Å². The largest absolute Gasteiger partial charge is 0.403 e. The van der Waals surface area contributed by atoms with Gasteiger partial charge in [-0.05, 0) is 18.4 Å². The molecule has 3 rings (SSSR count). The standard InChI is InChI=1S/C18H13NO3S/c1-23-17-14(15(20)12-8-4-2-5-9-12)18(21)22-16(19-17)13-10-6-3-7-11-13/h2-11H,1H3. The number of benzene rings is 2. The first-order valence-corrected chi connectivity index (χ1v) is 8.17. The fourth-order valence-electron chi connectivity index (χ4n) is 2.17. The second-order valence-electron chi connectivity index (χ2n) is 4.75. The minimum absolute atomic E-state index is 0.0246. The molecule has 1 aromatic heterocycles. The van der Waals surface area contributed by atoms with Gasteiger partial charge in [0, 0.05) is 11.1 Å². The van der Waals surface area contributed by atoms with Gasteiger partial charge in [0.25, 0.3) is 0 Å². The Kier molecular flexibility index (Phi) is 4.39.